The summed E-state index contributed by atoms with van der Waals surface area (Å²) in [4.78, 5) is 37.7. The number of nitrogens with one attached hydrogen (secondary N) is 1. The number of carboxylic acid groups (broad SMARTS) is 1. The Morgan fingerprint density at radius 1 is 0.973 bits per heavy atom. The number of alkyl halides is 3. The molecule has 0 aliphatic rings. The SMILES string of the molecule is CO[C@@](C(=O)N[C@H](Cc1ccc(C(=O)c2cc(Br)ccc2Br)cc1)C(=O)O)(c1ccccc1)C(F)(F)F. The van der Waals surface area contributed by atoms with Crippen LogP contribution in [0.4, 0.5) is 13.2 Å². The van der Waals surface area contributed by atoms with E-state index in [1.54, 1.807) is 18.2 Å². The van der Waals surface area contributed by atoms with Gasteiger partial charge in [-0.25, -0.2) is 4.79 Å². The van der Waals surface area contributed by atoms with Gasteiger partial charge >= 0.3 is 12.1 Å². The summed E-state index contributed by atoms with van der Waals surface area (Å²) in [6.45, 7) is 0. The highest BCUT2D eigenvalue weighted by Gasteiger charge is 2.63. The normalized spacial score (nSPS) is 13.9. The molecule has 0 saturated heterocycles. The number of ketones is 1. The molecule has 0 unspecified atom stereocenters. The second kappa shape index (κ2) is 11.6. The quantitative estimate of drug-likeness (QED) is 0.294. The lowest BCUT2D eigenvalue weighted by Crippen LogP contribution is -2.59. The van der Waals surface area contributed by atoms with Gasteiger partial charge in [0.1, 0.15) is 6.04 Å². The molecule has 0 saturated carbocycles. The fourth-order valence-corrected chi connectivity index (χ4v) is 4.53. The van der Waals surface area contributed by atoms with Gasteiger partial charge in [0.15, 0.2) is 5.78 Å². The molecule has 3 aromatic rings. The molecule has 194 valence electrons. The number of methoxy groups -OCH3 is 1. The lowest BCUT2D eigenvalue weighted by Gasteiger charge is -2.34. The van der Waals surface area contributed by atoms with E-state index in [1.165, 1.54) is 42.5 Å². The van der Waals surface area contributed by atoms with Crippen molar-refractivity contribution in [3.05, 3.63) is 104 Å². The van der Waals surface area contributed by atoms with Gasteiger partial charge in [-0.3, -0.25) is 9.59 Å². The van der Waals surface area contributed by atoms with E-state index in [2.05, 4.69) is 31.9 Å². The van der Waals surface area contributed by atoms with Gasteiger partial charge < -0.3 is 15.2 Å². The standard InChI is InChI=1S/C26H20Br2F3NO5/c1-37-25(26(29,30)31,17-5-3-2-4-6-17)24(36)32-21(23(34)35)13-15-7-9-16(10-8-15)22(33)19-14-18(27)11-12-20(19)28/h2-12,14,21H,13H2,1H3,(H,32,36)(H,34,35)/t21-,25-/m1/s1. The lowest BCUT2D eigenvalue weighted by atomic mass is 9.91. The summed E-state index contributed by atoms with van der Waals surface area (Å²) in [6.07, 6.45) is -5.51. The number of amides is 1. The van der Waals surface area contributed by atoms with Crippen molar-refractivity contribution in [1.29, 1.82) is 0 Å². The van der Waals surface area contributed by atoms with Crippen molar-refractivity contribution >= 4 is 49.5 Å². The number of halogens is 5. The number of hydrogen-bond donors (Lipinski definition) is 2. The molecule has 1 amide bonds. The van der Waals surface area contributed by atoms with Gasteiger partial charge in [-0.2, -0.15) is 13.2 Å². The third kappa shape index (κ3) is 6.11. The molecule has 0 spiro atoms. The van der Waals surface area contributed by atoms with Crippen LogP contribution < -0.4 is 5.32 Å². The van der Waals surface area contributed by atoms with E-state index >= 15 is 0 Å². The maximum atomic E-state index is 14.1. The van der Waals surface area contributed by atoms with Crippen molar-refractivity contribution in [1.82, 2.24) is 5.32 Å². The molecule has 3 aromatic carbocycles. The number of aliphatic carboxylic acids is 1. The van der Waals surface area contributed by atoms with Crippen molar-refractivity contribution in [2.24, 2.45) is 0 Å². The predicted octanol–water partition coefficient (Wildman–Crippen LogP) is 5.66. The molecule has 0 fully saturated rings. The predicted molar refractivity (Wildman–Crippen MR) is 136 cm³/mol. The fourth-order valence-electron chi connectivity index (χ4n) is 3.74. The van der Waals surface area contributed by atoms with Crippen molar-refractivity contribution < 1.29 is 37.4 Å². The Hall–Kier alpha value is -3.02. The summed E-state index contributed by atoms with van der Waals surface area (Å²) in [5.74, 6) is -3.49. The molecular weight excluding hydrogens is 623 g/mol. The van der Waals surface area contributed by atoms with Gasteiger partial charge in [-0.1, -0.05) is 86.5 Å². The number of benzene rings is 3. The van der Waals surface area contributed by atoms with Crippen LogP contribution in [0, 0.1) is 0 Å². The van der Waals surface area contributed by atoms with Crippen molar-refractivity contribution in [2.75, 3.05) is 7.11 Å². The van der Waals surface area contributed by atoms with Gasteiger partial charge in [-0.05, 0) is 23.8 Å². The Kier molecular flexibility index (Phi) is 8.93. The van der Waals surface area contributed by atoms with E-state index in [-0.39, 0.29) is 12.2 Å². The Labute approximate surface area is 227 Å². The smallest absolute Gasteiger partial charge is 0.430 e. The second-order valence-electron chi connectivity index (χ2n) is 7.97. The van der Waals surface area contributed by atoms with E-state index < -0.39 is 35.3 Å². The van der Waals surface area contributed by atoms with Crippen LogP contribution in [-0.4, -0.2) is 42.1 Å². The van der Waals surface area contributed by atoms with E-state index in [0.717, 1.165) is 19.2 Å². The monoisotopic (exact) mass is 641 g/mol. The van der Waals surface area contributed by atoms with Gasteiger partial charge in [-0.15, -0.1) is 0 Å². The topological polar surface area (TPSA) is 92.7 Å². The van der Waals surface area contributed by atoms with Crippen molar-refractivity contribution in [3.63, 3.8) is 0 Å². The minimum Gasteiger partial charge on any atom is -0.480 e. The van der Waals surface area contributed by atoms with Crippen LogP contribution in [0.5, 0.6) is 0 Å². The first-order valence-electron chi connectivity index (χ1n) is 10.7. The van der Waals surface area contributed by atoms with E-state index in [0.29, 0.717) is 25.6 Å². The zero-order valence-electron chi connectivity index (χ0n) is 19.2. The molecule has 0 aliphatic heterocycles. The van der Waals surface area contributed by atoms with Crippen LogP contribution in [0.2, 0.25) is 0 Å². The van der Waals surface area contributed by atoms with Crippen LogP contribution in [0.3, 0.4) is 0 Å². The molecule has 0 aliphatic carbocycles. The molecular formula is C26H20Br2F3NO5. The highest BCUT2D eigenvalue weighted by molar-refractivity contribution is 9.11. The summed E-state index contributed by atoms with van der Waals surface area (Å²) < 4.78 is 48.4. The number of carbonyl (C=O) groups is 3. The fraction of sp³-hybridized carbons (Fsp3) is 0.192. The first-order valence-corrected chi connectivity index (χ1v) is 12.3. The van der Waals surface area contributed by atoms with E-state index in [9.17, 15) is 32.7 Å². The molecule has 2 N–H and O–H groups in total. The third-order valence-electron chi connectivity index (χ3n) is 5.64. The van der Waals surface area contributed by atoms with Crippen molar-refractivity contribution in [2.45, 2.75) is 24.2 Å². The van der Waals surface area contributed by atoms with Crippen LogP contribution >= 0.6 is 31.9 Å². The zero-order chi connectivity index (χ0) is 27.4. The van der Waals surface area contributed by atoms with Crippen LogP contribution in [-0.2, 0) is 26.3 Å². The van der Waals surface area contributed by atoms with Gasteiger partial charge in [0.2, 0.25) is 0 Å². The van der Waals surface area contributed by atoms with Crippen LogP contribution in [0.25, 0.3) is 0 Å². The summed E-state index contributed by atoms with van der Waals surface area (Å²) in [5.41, 5.74) is -2.80. The number of carbonyl (C=O) groups excluding carboxylic acids is 2. The van der Waals surface area contributed by atoms with Crippen LogP contribution in [0.1, 0.15) is 27.0 Å². The average Bonchev–Trinajstić information content (AvgIpc) is 2.85. The average molecular weight is 643 g/mol. The Morgan fingerprint density at radius 2 is 1.59 bits per heavy atom. The second-order valence-corrected chi connectivity index (χ2v) is 9.74. The van der Waals surface area contributed by atoms with Crippen LogP contribution in [0.15, 0.2) is 81.7 Å². The largest absolute Gasteiger partial charge is 0.480 e. The molecule has 6 nitrogen and oxygen atoms in total. The van der Waals surface area contributed by atoms with Gasteiger partial charge in [0, 0.05) is 39.2 Å². The first-order chi connectivity index (χ1) is 17.4. The Bertz CT molecular complexity index is 1300. The summed E-state index contributed by atoms with van der Waals surface area (Å²) in [7, 11) is 0.731. The van der Waals surface area contributed by atoms with E-state index in [4.69, 9.17) is 4.74 Å². The molecule has 11 heteroatoms. The molecule has 2 atom stereocenters. The Balaban J connectivity index is 1.84. The maximum absolute atomic E-state index is 14.1. The minimum atomic E-state index is -5.18. The highest BCUT2D eigenvalue weighted by Crippen LogP contribution is 2.42. The Morgan fingerprint density at radius 3 is 2.14 bits per heavy atom. The number of hydrogen-bond acceptors (Lipinski definition) is 4. The summed E-state index contributed by atoms with van der Waals surface area (Å²) >= 11 is 6.64. The third-order valence-corrected chi connectivity index (χ3v) is 6.82. The maximum Gasteiger partial charge on any atom is 0.430 e. The number of carboxylic acids is 1. The molecule has 0 aromatic heterocycles. The zero-order valence-corrected chi connectivity index (χ0v) is 22.4. The summed E-state index contributed by atoms with van der Waals surface area (Å²) in [5, 5.41) is 11.6. The molecule has 0 bridgehead atoms. The summed E-state index contributed by atoms with van der Waals surface area (Å²) in [6, 6.07) is 15.6. The van der Waals surface area contributed by atoms with Gasteiger partial charge in [0.25, 0.3) is 11.5 Å². The lowest BCUT2D eigenvalue weighted by molar-refractivity contribution is -0.266. The van der Waals surface area contributed by atoms with E-state index in [1.807, 2.05) is 5.32 Å². The first kappa shape index (κ1) is 28.5. The number of rotatable bonds is 9. The molecule has 0 radical (unpaired) electrons. The minimum absolute atomic E-state index is 0.291. The highest BCUT2D eigenvalue weighted by atomic mass is 79.9. The number of ether oxygens (including phenoxy) is 1. The van der Waals surface area contributed by atoms with Crippen molar-refractivity contribution in [3.8, 4) is 0 Å². The molecule has 37 heavy (non-hydrogen) atoms. The van der Waals surface area contributed by atoms with Gasteiger partial charge in [0.05, 0.1) is 0 Å². The molecule has 0 heterocycles. The molecule has 3 rings (SSSR count).